The summed E-state index contributed by atoms with van der Waals surface area (Å²) >= 11 is 0. The standard InChI is InChI=1S/C18H27N5O/c1-14-13-16(20-18(19-14)23-7-2-3-8-23)21-9-11-22(12-10-21)17(24)15-5-4-6-15/h13,15H,2-12H2,1H3. The van der Waals surface area contributed by atoms with Gasteiger partial charge in [0.1, 0.15) is 5.82 Å². The van der Waals surface area contributed by atoms with Gasteiger partial charge in [-0.3, -0.25) is 4.79 Å². The lowest BCUT2D eigenvalue weighted by molar-refractivity contribution is -0.138. The summed E-state index contributed by atoms with van der Waals surface area (Å²) in [6.07, 6.45) is 5.85. The maximum absolute atomic E-state index is 12.4. The van der Waals surface area contributed by atoms with Gasteiger partial charge in [0.2, 0.25) is 11.9 Å². The highest BCUT2D eigenvalue weighted by atomic mass is 16.2. The van der Waals surface area contributed by atoms with Crippen molar-refractivity contribution >= 4 is 17.7 Å². The van der Waals surface area contributed by atoms with Crippen LogP contribution in [0.25, 0.3) is 0 Å². The van der Waals surface area contributed by atoms with Crippen molar-refractivity contribution < 1.29 is 4.79 Å². The summed E-state index contributed by atoms with van der Waals surface area (Å²) < 4.78 is 0. The van der Waals surface area contributed by atoms with Gasteiger partial charge >= 0.3 is 0 Å². The van der Waals surface area contributed by atoms with E-state index in [4.69, 9.17) is 4.98 Å². The van der Waals surface area contributed by atoms with E-state index in [-0.39, 0.29) is 0 Å². The van der Waals surface area contributed by atoms with Gasteiger partial charge in [-0.05, 0) is 32.6 Å². The minimum atomic E-state index is 0.305. The summed E-state index contributed by atoms with van der Waals surface area (Å²) in [4.78, 5) is 28.4. The first-order chi connectivity index (χ1) is 11.7. The molecule has 0 atom stereocenters. The minimum absolute atomic E-state index is 0.305. The van der Waals surface area contributed by atoms with Crippen LogP contribution < -0.4 is 9.80 Å². The van der Waals surface area contributed by atoms with Gasteiger partial charge in [-0.25, -0.2) is 4.98 Å². The summed E-state index contributed by atoms with van der Waals surface area (Å²) in [5.41, 5.74) is 1.02. The summed E-state index contributed by atoms with van der Waals surface area (Å²) in [6.45, 7) is 7.54. The third-order valence-electron chi connectivity index (χ3n) is 5.59. The Morgan fingerprint density at radius 3 is 2.29 bits per heavy atom. The smallest absolute Gasteiger partial charge is 0.227 e. The highest BCUT2D eigenvalue weighted by Gasteiger charge is 2.31. The zero-order valence-electron chi connectivity index (χ0n) is 14.6. The largest absolute Gasteiger partial charge is 0.353 e. The molecule has 3 fully saturated rings. The van der Waals surface area contributed by atoms with Gasteiger partial charge in [0, 0.05) is 56.9 Å². The monoisotopic (exact) mass is 329 g/mol. The molecule has 0 radical (unpaired) electrons. The maximum Gasteiger partial charge on any atom is 0.227 e. The van der Waals surface area contributed by atoms with Gasteiger partial charge in [-0.15, -0.1) is 0 Å². The Morgan fingerprint density at radius 1 is 0.958 bits per heavy atom. The number of amides is 1. The molecule has 130 valence electrons. The van der Waals surface area contributed by atoms with Crippen LogP contribution in [0.4, 0.5) is 11.8 Å². The topological polar surface area (TPSA) is 52.6 Å². The van der Waals surface area contributed by atoms with E-state index in [1.807, 2.05) is 6.92 Å². The van der Waals surface area contributed by atoms with Gasteiger partial charge in [0.05, 0.1) is 0 Å². The fraction of sp³-hybridized carbons (Fsp3) is 0.722. The molecular weight excluding hydrogens is 302 g/mol. The fourth-order valence-electron chi connectivity index (χ4n) is 3.83. The summed E-state index contributed by atoms with van der Waals surface area (Å²) in [6, 6.07) is 2.07. The van der Waals surface area contributed by atoms with Crippen molar-refractivity contribution in [2.75, 3.05) is 49.1 Å². The lowest BCUT2D eigenvalue weighted by Gasteiger charge is -2.38. The number of hydrogen-bond acceptors (Lipinski definition) is 5. The Hall–Kier alpha value is -1.85. The van der Waals surface area contributed by atoms with Crippen molar-refractivity contribution in [1.82, 2.24) is 14.9 Å². The molecular formula is C18H27N5O. The van der Waals surface area contributed by atoms with Gasteiger partial charge in [-0.2, -0.15) is 4.98 Å². The molecule has 1 amide bonds. The first kappa shape index (κ1) is 15.7. The van der Waals surface area contributed by atoms with Crippen LogP contribution in [0.15, 0.2) is 6.07 Å². The second kappa shape index (κ2) is 6.57. The van der Waals surface area contributed by atoms with E-state index in [0.717, 1.165) is 69.6 Å². The number of carbonyl (C=O) groups excluding carboxylic acids is 1. The Morgan fingerprint density at radius 2 is 1.67 bits per heavy atom. The third-order valence-corrected chi connectivity index (χ3v) is 5.59. The van der Waals surface area contributed by atoms with E-state index in [0.29, 0.717) is 11.8 Å². The molecule has 6 nitrogen and oxygen atoms in total. The quantitative estimate of drug-likeness (QED) is 0.847. The minimum Gasteiger partial charge on any atom is -0.353 e. The molecule has 1 aromatic rings. The van der Waals surface area contributed by atoms with E-state index in [1.54, 1.807) is 0 Å². The predicted octanol–water partition coefficient (Wildman–Crippen LogP) is 1.83. The van der Waals surface area contributed by atoms with Crippen LogP contribution in [0, 0.1) is 12.8 Å². The second-order valence-corrected chi connectivity index (χ2v) is 7.30. The predicted molar refractivity (Wildman–Crippen MR) is 94.4 cm³/mol. The molecule has 6 heteroatoms. The average molecular weight is 329 g/mol. The molecule has 0 unspecified atom stereocenters. The lowest BCUT2D eigenvalue weighted by atomic mass is 9.84. The molecule has 1 aromatic heterocycles. The summed E-state index contributed by atoms with van der Waals surface area (Å²) in [5, 5.41) is 0. The lowest BCUT2D eigenvalue weighted by Crippen LogP contribution is -2.51. The summed E-state index contributed by atoms with van der Waals surface area (Å²) in [5.74, 6) is 2.56. The fourth-order valence-corrected chi connectivity index (χ4v) is 3.83. The van der Waals surface area contributed by atoms with Crippen molar-refractivity contribution in [2.24, 2.45) is 5.92 Å². The molecule has 0 bridgehead atoms. The number of hydrogen-bond donors (Lipinski definition) is 0. The highest BCUT2D eigenvalue weighted by molar-refractivity contribution is 5.79. The number of piperazine rings is 1. The normalized spacial score (nSPS) is 22.0. The molecule has 4 rings (SSSR count). The van der Waals surface area contributed by atoms with Crippen molar-refractivity contribution in [3.05, 3.63) is 11.8 Å². The van der Waals surface area contributed by atoms with Gasteiger partial charge < -0.3 is 14.7 Å². The molecule has 0 spiro atoms. The molecule has 3 aliphatic rings. The number of rotatable bonds is 3. The van der Waals surface area contributed by atoms with Gasteiger partial charge in [-0.1, -0.05) is 6.42 Å². The van der Waals surface area contributed by atoms with Crippen molar-refractivity contribution in [2.45, 2.75) is 39.0 Å². The van der Waals surface area contributed by atoms with Crippen LogP contribution in [0.5, 0.6) is 0 Å². The Labute approximate surface area is 143 Å². The molecule has 1 aliphatic carbocycles. The maximum atomic E-state index is 12.4. The van der Waals surface area contributed by atoms with E-state index in [2.05, 4.69) is 25.8 Å². The Kier molecular flexibility index (Phi) is 4.29. The molecule has 1 saturated carbocycles. The van der Waals surface area contributed by atoms with Crippen molar-refractivity contribution in [3.63, 3.8) is 0 Å². The molecule has 24 heavy (non-hydrogen) atoms. The van der Waals surface area contributed by atoms with Gasteiger partial charge in [0.15, 0.2) is 0 Å². The van der Waals surface area contributed by atoms with Crippen LogP contribution in [0.2, 0.25) is 0 Å². The third kappa shape index (κ3) is 3.06. The van der Waals surface area contributed by atoms with Crippen LogP contribution in [-0.4, -0.2) is 60.0 Å². The van der Waals surface area contributed by atoms with Gasteiger partial charge in [0.25, 0.3) is 0 Å². The second-order valence-electron chi connectivity index (χ2n) is 7.30. The van der Waals surface area contributed by atoms with Crippen LogP contribution >= 0.6 is 0 Å². The molecule has 3 heterocycles. The van der Waals surface area contributed by atoms with Crippen molar-refractivity contribution in [1.29, 1.82) is 0 Å². The Bertz CT molecular complexity index is 601. The summed E-state index contributed by atoms with van der Waals surface area (Å²) in [7, 11) is 0. The number of anilines is 2. The first-order valence-corrected chi connectivity index (χ1v) is 9.35. The van der Waals surface area contributed by atoms with E-state index in [9.17, 15) is 4.79 Å². The molecule has 0 aromatic carbocycles. The molecule has 2 saturated heterocycles. The number of aromatic nitrogens is 2. The van der Waals surface area contributed by atoms with E-state index >= 15 is 0 Å². The Balaban J connectivity index is 1.42. The van der Waals surface area contributed by atoms with Crippen molar-refractivity contribution in [3.8, 4) is 0 Å². The molecule has 2 aliphatic heterocycles. The number of carbonyl (C=O) groups is 1. The number of nitrogens with zero attached hydrogens (tertiary/aromatic N) is 5. The zero-order valence-corrected chi connectivity index (χ0v) is 14.6. The zero-order chi connectivity index (χ0) is 16.5. The average Bonchev–Trinajstić information content (AvgIpc) is 3.07. The van der Waals surface area contributed by atoms with Crippen LogP contribution in [0.3, 0.4) is 0 Å². The number of aryl methyl sites for hydroxylation is 1. The molecule has 0 N–H and O–H groups in total. The van der Waals surface area contributed by atoms with E-state index in [1.165, 1.54) is 19.3 Å². The van der Waals surface area contributed by atoms with Crippen LogP contribution in [0.1, 0.15) is 37.8 Å². The van der Waals surface area contributed by atoms with E-state index < -0.39 is 0 Å². The first-order valence-electron chi connectivity index (χ1n) is 9.35. The SMILES string of the molecule is Cc1cc(N2CCN(C(=O)C3CCC3)CC2)nc(N2CCCC2)n1. The van der Waals surface area contributed by atoms with Crippen LogP contribution in [-0.2, 0) is 4.79 Å². The highest BCUT2D eigenvalue weighted by Crippen LogP contribution is 2.29.